The molecule has 1 atom stereocenters. The molecule has 9 heteroatoms. The van der Waals surface area contributed by atoms with Gasteiger partial charge in [-0.15, -0.1) is 0 Å². The van der Waals surface area contributed by atoms with Crippen LogP contribution in [0.25, 0.3) is 11.3 Å². The highest BCUT2D eigenvalue weighted by Gasteiger charge is 2.30. The molecule has 202 valence electrons. The molecule has 1 amide bonds. The van der Waals surface area contributed by atoms with Gasteiger partial charge in [-0.05, 0) is 60.7 Å². The Balaban J connectivity index is 1.71. The number of pyridine rings is 1. The number of carboxylic acids is 1. The van der Waals surface area contributed by atoms with Crippen molar-refractivity contribution in [3.8, 4) is 17.0 Å². The summed E-state index contributed by atoms with van der Waals surface area (Å²) in [6.07, 6.45) is -0.601. The van der Waals surface area contributed by atoms with Crippen LogP contribution in [0.4, 0.5) is 13.2 Å². The van der Waals surface area contributed by atoms with E-state index in [2.05, 4.69) is 24.1 Å². The normalized spacial score (nSPS) is 12.3. The standard InChI is InChI=1S/C29H31F3N2O4/c1-19(2)4-3-5-26(21-6-8-22(9-7-21)28(37)33-17-16-27(35)36)38-24-14-15-25(34-18-24)20-10-12-23(13-11-20)29(30,31)32/h6-15,18-19,26H,3-5,16-17H2,1-2H3,(H,33,37)(H,35,36). The van der Waals surface area contributed by atoms with Gasteiger partial charge in [0.25, 0.3) is 5.91 Å². The van der Waals surface area contributed by atoms with E-state index in [0.717, 1.165) is 37.0 Å². The molecule has 1 aromatic heterocycles. The van der Waals surface area contributed by atoms with Crippen LogP contribution in [0, 0.1) is 5.92 Å². The number of nitrogens with one attached hydrogen (secondary N) is 1. The number of carbonyl (C=O) groups is 2. The second kappa shape index (κ2) is 13.1. The van der Waals surface area contributed by atoms with Crippen LogP contribution >= 0.6 is 0 Å². The fourth-order valence-corrected chi connectivity index (χ4v) is 3.85. The van der Waals surface area contributed by atoms with Gasteiger partial charge >= 0.3 is 12.1 Å². The van der Waals surface area contributed by atoms with Crippen molar-refractivity contribution in [2.75, 3.05) is 6.54 Å². The summed E-state index contributed by atoms with van der Waals surface area (Å²) in [4.78, 5) is 27.3. The van der Waals surface area contributed by atoms with Gasteiger partial charge in [0.15, 0.2) is 0 Å². The Labute approximate surface area is 219 Å². The van der Waals surface area contributed by atoms with E-state index in [0.29, 0.717) is 28.5 Å². The Morgan fingerprint density at radius 1 is 0.974 bits per heavy atom. The van der Waals surface area contributed by atoms with Crippen LogP contribution in [0.1, 0.15) is 67.1 Å². The molecule has 2 N–H and O–H groups in total. The molecule has 0 aliphatic heterocycles. The van der Waals surface area contributed by atoms with Crippen molar-refractivity contribution in [3.05, 3.63) is 83.6 Å². The molecule has 2 aromatic carbocycles. The van der Waals surface area contributed by atoms with Crippen LogP contribution in [-0.2, 0) is 11.0 Å². The maximum Gasteiger partial charge on any atom is 0.416 e. The van der Waals surface area contributed by atoms with E-state index in [1.807, 2.05) is 12.1 Å². The molecule has 3 rings (SSSR count). The molecule has 0 spiro atoms. The van der Waals surface area contributed by atoms with Crippen molar-refractivity contribution in [1.82, 2.24) is 10.3 Å². The van der Waals surface area contributed by atoms with Gasteiger partial charge in [-0.3, -0.25) is 14.6 Å². The van der Waals surface area contributed by atoms with Crippen LogP contribution in [-0.4, -0.2) is 28.5 Å². The Bertz CT molecular complexity index is 1190. The topological polar surface area (TPSA) is 88.5 Å². The van der Waals surface area contributed by atoms with Crippen LogP contribution in [0.3, 0.4) is 0 Å². The number of carbonyl (C=O) groups excluding carboxylic acids is 1. The molecular weight excluding hydrogens is 497 g/mol. The number of ether oxygens (including phenoxy) is 1. The van der Waals surface area contributed by atoms with Crippen LogP contribution in [0.2, 0.25) is 0 Å². The Morgan fingerprint density at radius 2 is 1.66 bits per heavy atom. The number of aliphatic carboxylic acids is 1. The maximum absolute atomic E-state index is 12.8. The Kier molecular flexibility index (Phi) is 9.87. The minimum atomic E-state index is -4.39. The molecular formula is C29H31F3N2O4. The first-order valence-electron chi connectivity index (χ1n) is 12.4. The van der Waals surface area contributed by atoms with E-state index in [-0.39, 0.29) is 25.0 Å². The summed E-state index contributed by atoms with van der Waals surface area (Å²) in [6, 6.07) is 15.3. The number of aromatic nitrogens is 1. The van der Waals surface area contributed by atoms with Gasteiger partial charge in [0.1, 0.15) is 11.9 Å². The molecule has 1 heterocycles. The summed E-state index contributed by atoms with van der Waals surface area (Å²) in [5.41, 5.74) is 1.68. The summed E-state index contributed by atoms with van der Waals surface area (Å²) >= 11 is 0. The van der Waals surface area contributed by atoms with E-state index in [4.69, 9.17) is 9.84 Å². The van der Waals surface area contributed by atoms with Gasteiger partial charge < -0.3 is 15.2 Å². The summed E-state index contributed by atoms with van der Waals surface area (Å²) in [5.74, 6) is -0.273. The summed E-state index contributed by atoms with van der Waals surface area (Å²) in [7, 11) is 0. The molecule has 1 unspecified atom stereocenters. The number of alkyl halides is 3. The molecule has 0 aliphatic carbocycles. The van der Waals surface area contributed by atoms with Crippen LogP contribution < -0.4 is 10.1 Å². The van der Waals surface area contributed by atoms with Gasteiger partial charge in [-0.2, -0.15) is 13.2 Å². The third kappa shape index (κ3) is 8.61. The lowest BCUT2D eigenvalue weighted by Crippen LogP contribution is -2.26. The van der Waals surface area contributed by atoms with E-state index in [9.17, 15) is 22.8 Å². The summed E-state index contributed by atoms with van der Waals surface area (Å²) < 4.78 is 44.8. The fourth-order valence-electron chi connectivity index (χ4n) is 3.85. The third-order valence-corrected chi connectivity index (χ3v) is 5.94. The molecule has 3 aromatic rings. The SMILES string of the molecule is CC(C)CCCC(Oc1ccc(-c2ccc(C(F)(F)F)cc2)nc1)c1ccc(C(=O)NCCC(=O)O)cc1. The van der Waals surface area contributed by atoms with Gasteiger partial charge in [0.2, 0.25) is 0 Å². The highest BCUT2D eigenvalue weighted by molar-refractivity contribution is 5.94. The largest absolute Gasteiger partial charge is 0.484 e. The molecule has 0 radical (unpaired) electrons. The average molecular weight is 529 g/mol. The van der Waals surface area contributed by atoms with Gasteiger partial charge in [-0.25, -0.2) is 0 Å². The maximum atomic E-state index is 12.8. The zero-order valence-corrected chi connectivity index (χ0v) is 21.3. The van der Waals surface area contributed by atoms with Crippen molar-refractivity contribution in [2.24, 2.45) is 5.92 Å². The van der Waals surface area contributed by atoms with Crippen molar-refractivity contribution >= 4 is 11.9 Å². The first kappa shape index (κ1) is 28.7. The molecule has 0 saturated heterocycles. The quantitative estimate of drug-likeness (QED) is 0.266. The van der Waals surface area contributed by atoms with Crippen molar-refractivity contribution in [3.63, 3.8) is 0 Å². The average Bonchev–Trinajstić information content (AvgIpc) is 2.88. The van der Waals surface area contributed by atoms with E-state index in [1.165, 1.54) is 12.1 Å². The molecule has 38 heavy (non-hydrogen) atoms. The summed E-state index contributed by atoms with van der Waals surface area (Å²) in [5, 5.41) is 11.3. The second-order valence-corrected chi connectivity index (χ2v) is 9.41. The number of amides is 1. The van der Waals surface area contributed by atoms with Gasteiger partial charge in [-0.1, -0.05) is 44.5 Å². The lowest BCUT2D eigenvalue weighted by atomic mass is 9.99. The molecule has 0 aliphatic rings. The van der Waals surface area contributed by atoms with Crippen molar-refractivity contribution < 1.29 is 32.6 Å². The number of hydrogen-bond acceptors (Lipinski definition) is 4. The highest BCUT2D eigenvalue weighted by atomic mass is 19.4. The van der Waals surface area contributed by atoms with Gasteiger partial charge in [0, 0.05) is 17.7 Å². The monoisotopic (exact) mass is 528 g/mol. The predicted octanol–water partition coefficient (Wildman–Crippen LogP) is 6.92. The van der Waals surface area contributed by atoms with E-state index >= 15 is 0 Å². The zero-order chi connectivity index (χ0) is 27.7. The molecule has 0 saturated carbocycles. The number of rotatable bonds is 12. The predicted molar refractivity (Wildman–Crippen MR) is 138 cm³/mol. The lowest BCUT2D eigenvalue weighted by Gasteiger charge is -2.20. The summed E-state index contributed by atoms with van der Waals surface area (Å²) in [6.45, 7) is 4.35. The minimum absolute atomic E-state index is 0.0479. The Morgan fingerprint density at radius 3 is 2.21 bits per heavy atom. The van der Waals surface area contributed by atoms with Gasteiger partial charge in [0.05, 0.1) is 23.9 Å². The van der Waals surface area contributed by atoms with E-state index < -0.39 is 17.7 Å². The zero-order valence-electron chi connectivity index (χ0n) is 21.3. The van der Waals surface area contributed by atoms with Crippen molar-refractivity contribution in [2.45, 2.75) is 51.8 Å². The number of halogens is 3. The third-order valence-electron chi connectivity index (χ3n) is 5.94. The van der Waals surface area contributed by atoms with Crippen LogP contribution in [0.5, 0.6) is 5.75 Å². The second-order valence-electron chi connectivity index (χ2n) is 9.41. The van der Waals surface area contributed by atoms with Crippen molar-refractivity contribution in [1.29, 1.82) is 0 Å². The smallest absolute Gasteiger partial charge is 0.416 e. The van der Waals surface area contributed by atoms with E-state index in [1.54, 1.807) is 30.5 Å². The first-order chi connectivity index (χ1) is 18.0. The lowest BCUT2D eigenvalue weighted by molar-refractivity contribution is -0.138. The molecule has 0 bridgehead atoms. The highest BCUT2D eigenvalue weighted by Crippen LogP contribution is 2.32. The number of nitrogens with zero attached hydrogens (tertiary/aromatic N) is 1. The molecule has 0 fully saturated rings. The number of carboxylic acid groups (broad SMARTS) is 1. The number of hydrogen-bond donors (Lipinski definition) is 2. The number of benzene rings is 2. The fraction of sp³-hybridized carbons (Fsp3) is 0.345. The minimum Gasteiger partial charge on any atom is -0.484 e. The molecule has 6 nitrogen and oxygen atoms in total. The van der Waals surface area contributed by atoms with Crippen LogP contribution in [0.15, 0.2) is 66.9 Å². The Hall–Kier alpha value is -3.88. The first-order valence-corrected chi connectivity index (χ1v) is 12.4.